The van der Waals surface area contributed by atoms with E-state index in [0.29, 0.717) is 32.5 Å². The van der Waals surface area contributed by atoms with Gasteiger partial charge in [-0.05, 0) is 30.5 Å². The van der Waals surface area contributed by atoms with Gasteiger partial charge in [0.05, 0.1) is 0 Å². The Kier molecular flexibility index (Phi) is 7.48. The van der Waals surface area contributed by atoms with Crippen LogP contribution < -0.4 is 10.6 Å². The largest absolute Gasteiger partial charge is 0.386 e. The van der Waals surface area contributed by atoms with Crippen LogP contribution in [-0.2, 0) is 16.1 Å². The maximum atomic E-state index is 12.0. The van der Waals surface area contributed by atoms with E-state index in [4.69, 9.17) is 5.26 Å². The average Bonchev–Trinajstić information content (AvgIpc) is 3.02. The maximum Gasteiger partial charge on any atom is 0.263 e. The lowest BCUT2D eigenvalue weighted by Gasteiger charge is -2.15. The molecular weight excluding hydrogens is 384 g/mol. The van der Waals surface area contributed by atoms with Crippen LogP contribution in [0.3, 0.4) is 0 Å². The van der Waals surface area contributed by atoms with Crippen LogP contribution in [0.25, 0.3) is 0 Å². The number of benzene rings is 1. The van der Waals surface area contributed by atoms with E-state index in [9.17, 15) is 9.59 Å². The minimum Gasteiger partial charge on any atom is -0.386 e. The summed E-state index contributed by atoms with van der Waals surface area (Å²) in [6.07, 6.45) is 3.65. The number of amides is 2. The van der Waals surface area contributed by atoms with Crippen LogP contribution in [0, 0.1) is 11.3 Å². The standard InChI is InChI=1S/C18H21BrN4O2/c19-16-6-4-14(5-7-16)12-21-13-15(11-20)18(25)22-8-2-10-23-9-1-3-17(23)24/h4-7,13,21H,1-3,8-10,12H2,(H,22,25)/b15-13-. The van der Waals surface area contributed by atoms with Gasteiger partial charge in [0.2, 0.25) is 5.91 Å². The molecule has 1 aromatic rings. The number of hydrogen-bond donors (Lipinski definition) is 2. The normalized spacial score (nSPS) is 14.3. The van der Waals surface area contributed by atoms with E-state index in [2.05, 4.69) is 26.6 Å². The molecule has 1 heterocycles. The summed E-state index contributed by atoms with van der Waals surface area (Å²) in [6.45, 7) is 2.42. The third-order valence-electron chi connectivity index (χ3n) is 3.89. The summed E-state index contributed by atoms with van der Waals surface area (Å²) < 4.78 is 1.000. The summed E-state index contributed by atoms with van der Waals surface area (Å²) in [5.41, 5.74) is 1.08. The quantitative estimate of drug-likeness (QED) is 0.394. The fourth-order valence-corrected chi connectivity index (χ4v) is 2.79. The predicted molar refractivity (Wildman–Crippen MR) is 98.1 cm³/mol. The van der Waals surface area contributed by atoms with E-state index in [1.54, 1.807) is 0 Å². The van der Waals surface area contributed by atoms with E-state index >= 15 is 0 Å². The first-order chi connectivity index (χ1) is 12.1. The molecule has 0 spiro atoms. The van der Waals surface area contributed by atoms with Crippen LogP contribution in [0.15, 0.2) is 40.5 Å². The van der Waals surface area contributed by atoms with Gasteiger partial charge in [-0.25, -0.2) is 0 Å². The number of nitrogens with one attached hydrogen (secondary N) is 2. The van der Waals surface area contributed by atoms with Crippen LogP contribution in [0.5, 0.6) is 0 Å². The van der Waals surface area contributed by atoms with Crippen LogP contribution in [0.4, 0.5) is 0 Å². The van der Waals surface area contributed by atoms with Gasteiger partial charge in [0, 0.05) is 43.3 Å². The molecule has 0 radical (unpaired) electrons. The van der Waals surface area contributed by atoms with Crippen molar-refractivity contribution in [2.75, 3.05) is 19.6 Å². The third-order valence-corrected chi connectivity index (χ3v) is 4.42. The maximum absolute atomic E-state index is 12.0. The molecule has 25 heavy (non-hydrogen) atoms. The molecular formula is C18H21BrN4O2. The minimum atomic E-state index is -0.404. The van der Waals surface area contributed by atoms with Gasteiger partial charge in [-0.15, -0.1) is 0 Å². The molecule has 6 nitrogen and oxygen atoms in total. The molecule has 1 aliphatic rings. The van der Waals surface area contributed by atoms with E-state index < -0.39 is 5.91 Å². The molecule has 2 rings (SSSR count). The fourth-order valence-electron chi connectivity index (χ4n) is 2.53. The fraction of sp³-hybridized carbons (Fsp3) is 0.389. The Labute approximate surface area is 156 Å². The summed E-state index contributed by atoms with van der Waals surface area (Å²) in [5.74, 6) is -0.223. The van der Waals surface area contributed by atoms with Crippen molar-refractivity contribution in [2.24, 2.45) is 0 Å². The van der Waals surface area contributed by atoms with Gasteiger partial charge >= 0.3 is 0 Å². The predicted octanol–water partition coefficient (Wildman–Crippen LogP) is 2.07. The van der Waals surface area contributed by atoms with Crippen molar-refractivity contribution in [3.8, 4) is 6.07 Å². The van der Waals surface area contributed by atoms with Crippen LogP contribution in [0.2, 0.25) is 0 Å². The Bertz CT molecular complexity index is 679. The number of likely N-dealkylation sites (tertiary alicyclic amines) is 1. The van der Waals surface area contributed by atoms with Gasteiger partial charge in [-0.2, -0.15) is 5.26 Å². The number of carbonyl (C=O) groups is 2. The highest BCUT2D eigenvalue weighted by Gasteiger charge is 2.19. The third kappa shape index (κ3) is 6.24. The van der Waals surface area contributed by atoms with Crippen molar-refractivity contribution in [1.29, 1.82) is 5.26 Å². The van der Waals surface area contributed by atoms with Crippen molar-refractivity contribution >= 4 is 27.7 Å². The lowest BCUT2D eigenvalue weighted by Crippen LogP contribution is -2.31. The number of halogens is 1. The highest BCUT2D eigenvalue weighted by atomic mass is 79.9. The van der Waals surface area contributed by atoms with Crippen molar-refractivity contribution < 1.29 is 9.59 Å². The summed E-state index contributed by atoms with van der Waals surface area (Å²) in [7, 11) is 0. The second-order valence-corrected chi connectivity index (χ2v) is 6.69. The summed E-state index contributed by atoms with van der Waals surface area (Å²) >= 11 is 3.37. The first-order valence-corrected chi connectivity index (χ1v) is 9.03. The molecule has 1 saturated heterocycles. The number of rotatable bonds is 8. The van der Waals surface area contributed by atoms with Gasteiger partial charge in [-0.3, -0.25) is 9.59 Å². The summed E-state index contributed by atoms with van der Waals surface area (Å²) in [4.78, 5) is 25.3. The van der Waals surface area contributed by atoms with Crippen LogP contribution in [0.1, 0.15) is 24.8 Å². The molecule has 132 valence electrons. The molecule has 0 bridgehead atoms. The zero-order valence-corrected chi connectivity index (χ0v) is 15.5. The Morgan fingerprint density at radius 1 is 1.36 bits per heavy atom. The van der Waals surface area contributed by atoms with Crippen molar-refractivity contribution in [2.45, 2.75) is 25.8 Å². The Morgan fingerprint density at radius 3 is 2.76 bits per heavy atom. The number of hydrogen-bond acceptors (Lipinski definition) is 4. The van der Waals surface area contributed by atoms with Crippen LogP contribution in [-0.4, -0.2) is 36.3 Å². The van der Waals surface area contributed by atoms with Crippen molar-refractivity contribution in [3.05, 3.63) is 46.1 Å². The molecule has 0 aliphatic carbocycles. The van der Waals surface area contributed by atoms with Crippen LogP contribution >= 0.6 is 15.9 Å². The summed E-state index contributed by atoms with van der Waals surface area (Å²) in [5, 5.41) is 14.8. The number of nitrogens with zero attached hydrogens (tertiary/aromatic N) is 2. The average molecular weight is 405 g/mol. The van der Waals surface area contributed by atoms with E-state index in [0.717, 1.165) is 23.0 Å². The lowest BCUT2D eigenvalue weighted by molar-refractivity contribution is -0.127. The Morgan fingerprint density at radius 2 is 2.12 bits per heavy atom. The van der Waals surface area contributed by atoms with Gasteiger partial charge in [0.1, 0.15) is 11.6 Å². The molecule has 2 N–H and O–H groups in total. The minimum absolute atomic E-state index is 0.0364. The number of carbonyl (C=O) groups excluding carboxylic acids is 2. The lowest BCUT2D eigenvalue weighted by atomic mass is 10.2. The number of nitriles is 1. The van der Waals surface area contributed by atoms with E-state index in [1.807, 2.05) is 35.2 Å². The highest BCUT2D eigenvalue weighted by molar-refractivity contribution is 9.10. The topological polar surface area (TPSA) is 85.2 Å². The second-order valence-electron chi connectivity index (χ2n) is 5.77. The first-order valence-electron chi connectivity index (χ1n) is 8.24. The Hall–Kier alpha value is -2.33. The highest BCUT2D eigenvalue weighted by Crippen LogP contribution is 2.10. The molecule has 0 aromatic heterocycles. The smallest absolute Gasteiger partial charge is 0.263 e. The molecule has 1 aromatic carbocycles. The zero-order chi connectivity index (χ0) is 18.1. The zero-order valence-electron chi connectivity index (χ0n) is 13.9. The van der Waals surface area contributed by atoms with Gasteiger partial charge in [-0.1, -0.05) is 28.1 Å². The van der Waals surface area contributed by atoms with Crippen molar-refractivity contribution in [1.82, 2.24) is 15.5 Å². The SMILES string of the molecule is N#C/C(=C/NCc1ccc(Br)cc1)C(=O)NCCCN1CCCC1=O. The van der Waals surface area contributed by atoms with E-state index in [-0.39, 0.29) is 11.5 Å². The summed E-state index contributed by atoms with van der Waals surface area (Å²) in [6, 6.07) is 9.68. The van der Waals surface area contributed by atoms with Crippen molar-refractivity contribution in [3.63, 3.8) is 0 Å². The second kappa shape index (κ2) is 9.84. The first kappa shape index (κ1) is 19.0. The molecule has 0 saturated carbocycles. The molecule has 1 fully saturated rings. The Balaban J connectivity index is 1.71. The van der Waals surface area contributed by atoms with E-state index in [1.165, 1.54) is 6.20 Å². The molecule has 2 amide bonds. The molecule has 1 aliphatic heterocycles. The monoisotopic (exact) mass is 404 g/mol. The molecule has 0 unspecified atom stereocenters. The molecule has 0 atom stereocenters. The van der Waals surface area contributed by atoms with Gasteiger partial charge < -0.3 is 15.5 Å². The molecule has 7 heteroatoms. The van der Waals surface area contributed by atoms with Gasteiger partial charge in [0.15, 0.2) is 0 Å². The van der Waals surface area contributed by atoms with Gasteiger partial charge in [0.25, 0.3) is 5.91 Å².